The normalized spacial score (nSPS) is 16.8. The molecule has 5 heteroatoms. The van der Waals surface area contributed by atoms with E-state index in [0.29, 0.717) is 22.9 Å². The minimum atomic E-state index is -0.387. The molecule has 0 saturated heterocycles. The highest BCUT2D eigenvalue weighted by molar-refractivity contribution is 6.31. The second-order valence-electron chi connectivity index (χ2n) is 4.39. The van der Waals surface area contributed by atoms with Crippen LogP contribution in [0.2, 0.25) is 5.02 Å². The number of rotatable bonds is 5. The van der Waals surface area contributed by atoms with Crippen molar-refractivity contribution >= 4 is 28.9 Å². The lowest BCUT2D eigenvalue weighted by molar-refractivity contribution is -0.385. The molecule has 92 valence electrons. The first-order valence-electron chi connectivity index (χ1n) is 5.65. The summed E-state index contributed by atoms with van der Waals surface area (Å²) in [5, 5.41) is 11.5. The zero-order valence-corrected chi connectivity index (χ0v) is 10.7. The second-order valence-corrected chi connectivity index (χ2v) is 5.35. The molecule has 1 aliphatic carbocycles. The molecule has 0 amide bonds. The fraction of sp³-hybridized carbons (Fsp3) is 0.500. The average molecular weight is 274 g/mol. The number of benzene rings is 1. The van der Waals surface area contributed by atoms with E-state index in [1.807, 2.05) is 0 Å². The number of hydrogen-bond acceptors (Lipinski definition) is 2. The Hall–Kier alpha value is -0.800. The van der Waals surface area contributed by atoms with Crippen LogP contribution in [-0.4, -0.2) is 10.3 Å². The standard InChI is InChI=1S/C12H13Cl2NO2/c13-10(8-4-5-8)7-6-9-11(14)2-1-3-12(9)15(16)17/h1-3,8,10H,4-7H2. The number of alkyl halides is 1. The van der Waals surface area contributed by atoms with E-state index < -0.39 is 0 Å². The number of hydrogen-bond donors (Lipinski definition) is 0. The molecule has 1 unspecified atom stereocenters. The fourth-order valence-electron chi connectivity index (χ4n) is 1.94. The maximum absolute atomic E-state index is 10.9. The highest BCUT2D eigenvalue weighted by Gasteiger charge is 2.30. The van der Waals surface area contributed by atoms with Gasteiger partial charge in [0.05, 0.1) is 9.95 Å². The summed E-state index contributed by atoms with van der Waals surface area (Å²) in [5.74, 6) is 0.596. The molecule has 0 radical (unpaired) electrons. The molecular weight excluding hydrogens is 261 g/mol. The van der Waals surface area contributed by atoms with Crippen molar-refractivity contribution in [1.82, 2.24) is 0 Å². The Balaban J connectivity index is 2.10. The monoisotopic (exact) mass is 273 g/mol. The van der Waals surface area contributed by atoms with Gasteiger partial charge in [-0.25, -0.2) is 0 Å². The van der Waals surface area contributed by atoms with Gasteiger partial charge in [-0.3, -0.25) is 10.1 Å². The van der Waals surface area contributed by atoms with Crippen molar-refractivity contribution in [2.45, 2.75) is 31.1 Å². The van der Waals surface area contributed by atoms with E-state index in [1.165, 1.54) is 18.9 Å². The lowest BCUT2D eigenvalue weighted by Gasteiger charge is -2.09. The maximum Gasteiger partial charge on any atom is 0.274 e. The third-order valence-electron chi connectivity index (χ3n) is 3.09. The van der Waals surface area contributed by atoms with Gasteiger partial charge in [0.1, 0.15) is 0 Å². The number of nitrogens with zero attached hydrogens (tertiary/aromatic N) is 1. The van der Waals surface area contributed by atoms with Crippen LogP contribution in [0.4, 0.5) is 5.69 Å². The summed E-state index contributed by atoms with van der Waals surface area (Å²) in [6.07, 6.45) is 3.68. The predicted molar refractivity (Wildman–Crippen MR) is 68.8 cm³/mol. The molecule has 17 heavy (non-hydrogen) atoms. The number of nitro groups is 1. The van der Waals surface area contributed by atoms with Gasteiger partial charge in [0.25, 0.3) is 5.69 Å². The predicted octanol–water partition coefficient (Wildman–Crippen LogP) is 4.20. The van der Waals surface area contributed by atoms with Crippen LogP contribution in [0.1, 0.15) is 24.8 Å². The van der Waals surface area contributed by atoms with Crippen molar-refractivity contribution in [1.29, 1.82) is 0 Å². The van der Waals surface area contributed by atoms with E-state index >= 15 is 0 Å². The van der Waals surface area contributed by atoms with Crippen molar-refractivity contribution < 1.29 is 4.92 Å². The van der Waals surface area contributed by atoms with Crippen LogP contribution in [0.15, 0.2) is 18.2 Å². The lowest BCUT2D eigenvalue weighted by Crippen LogP contribution is -2.05. The van der Waals surface area contributed by atoms with Crippen LogP contribution >= 0.6 is 23.2 Å². The third kappa shape index (κ3) is 3.11. The highest BCUT2D eigenvalue weighted by Crippen LogP contribution is 2.38. The molecule has 0 spiro atoms. The Bertz CT molecular complexity index is 433. The van der Waals surface area contributed by atoms with Gasteiger partial charge in [-0.1, -0.05) is 17.7 Å². The Labute approximate surface area is 110 Å². The average Bonchev–Trinajstić information content (AvgIpc) is 3.10. The summed E-state index contributed by atoms with van der Waals surface area (Å²) in [7, 11) is 0. The second kappa shape index (κ2) is 5.23. The zero-order chi connectivity index (χ0) is 12.4. The first-order valence-corrected chi connectivity index (χ1v) is 6.47. The molecular formula is C12H13Cl2NO2. The van der Waals surface area contributed by atoms with E-state index in [2.05, 4.69) is 0 Å². The van der Waals surface area contributed by atoms with Gasteiger partial charge >= 0.3 is 0 Å². The first kappa shape index (κ1) is 12.7. The molecule has 1 atom stereocenters. The Kier molecular flexibility index (Phi) is 3.89. The molecule has 0 N–H and O–H groups in total. The van der Waals surface area contributed by atoms with E-state index in [9.17, 15) is 10.1 Å². The van der Waals surface area contributed by atoms with E-state index in [-0.39, 0.29) is 16.0 Å². The molecule has 1 aliphatic rings. The Morgan fingerprint density at radius 1 is 1.47 bits per heavy atom. The van der Waals surface area contributed by atoms with E-state index in [4.69, 9.17) is 23.2 Å². The molecule has 3 nitrogen and oxygen atoms in total. The van der Waals surface area contributed by atoms with Crippen LogP contribution in [0.3, 0.4) is 0 Å². The van der Waals surface area contributed by atoms with Crippen LogP contribution in [-0.2, 0) is 6.42 Å². The van der Waals surface area contributed by atoms with Gasteiger partial charge in [-0.2, -0.15) is 0 Å². The third-order valence-corrected chi connectivity index (χ3v) is 4.02. The molecule has 1 saturated carbocycles. The van der Waals surface area contributed by atoms with Crippen LogP contribution in [0.25, 0.3) is 0 Å². The lowest BCUT2D eigenvalue weighted by atomic mass is 10.0. The largest absolute Gasteiger partial charge is 0.274 e. The maximum atomic E-state index is 10.9. The molecule has 0 aliphatic heterocycles. The fourth-order valence-corrected chi connectivity index (χ4v) is 2.57. The van der Waals surface area contributed by atoms with Crippen molar-refractivity contribution in [2.75, 3.05) is 0 Å². The number of halogens is 2. The van der Waals surface area contributed by atoms with Gasteiger partial charge in [-0.05, 0) is 37.7 Å². The Morgan fingerprint density at radius 3 is 2.76 bits per heavy atom. The molecule has 1 fully saturated rings. The molecule has 0 aromatic heterocycles. The van der Waals surface area contributed by atoms with Crippen molar-refractivity contribution in [3.8, 4) is 0 Å². The van der Waals surface area contributed by atoms with Gasteiger partial charge in [0.2, 0.25) is 0 Å². The summed E-state index contributed by atoms with van der Waals surface area (Å²) >= 11 is 12.2. The van der Waals surface area contributed by atoms with Crippen molar-refractivity contribution in [2.24, 2.45) is 5.92 Å². The van der Waals surface area contributed by atoms with Crippen molar-refractivity contribution in [3.63, 3.8) is 0 Å². The van der Waals surface area contributed by atoms with Crippen LogP contribution in [0, 0.1) is 16.0 Å². The minimum Gasteiger partial charge on any atom is -0.258 e. The van der Waals surface area contributed by atoms with Crippen LogP contribution < -0.4 is 0 Å². The molecule has 0 heterocycles. The van der Waals surface area contributed by atoms with Gasteiger partial charge in [-0.15, -0.1) is 11.6 Å². The quantitative estimate of drug-likeness (QED) is 0.459. The summed E-state index contributed by atoms with van der Waals surface area (Å²) in [5.41, 5.74) is 0.697. The first-order chi connectivity index (χ1) is 8.09. The van der Waals surface area contributed by atoms with Gasteiger partial charge < -0.3 is 0 Å². The molecule has 2 rings (SSSR count). The van der Waals surface area contributed by atoms with E-state index in [0.717, 1.165) is 6.42 Å². The topological polar surface area (TPSA) is 43.1 Å². The van der Waals surface area contributed by atoms with Crippen molar-refractivity contribution in [3.05, 3.63) is 38.9 Å². The summed E-state index contributed by atoms with van der Waals surface area (Å²) in [6.45, 7) is 0. The minimum absolute atomic E-state index is 0.0946. The van der Waals surface area contributed by atoms with Crippen LogP contribution in [0.5, 0.6) is 0 Å². The van der Waals surface area contributed by atoms with E-state index in [1.54, 1.807) is 12.1 Å². The Morgan fingerprint density at radius 2 is 2.18 bits per heavy atom. The molecule has 1 aromatic rings. The molecule has 1 aromatic carbocycles. The van der Waals surface area contributed by atoms with Gasteiger partial charge in [0, 0.05) is 17.0 Å². The zero-order valence-electron chi connectivity index (χ0n) is 9.23. The summed E-state index contributed by atoms with van der Waals surface area (Å²) in [4.78, 5) is 10.5. The summed E-state index contributed by atoms with van der Waals surface area (Å²) in [6, 6.07) is 4.77. The van der Waals surface area contributed by atoms with Gasteiger partial charge in [0.15, 0.2) is 0 Å². The SMILES string of the molecule is O=[N+]([O-])c1cccc(Cl)c1CCC(Cl)C1CC1. The smallest absolute Gasteiger partial charge is 0.258 e. The summed E-state index contributed by atoms with van der Waals surface area (Å²) < 4.78 is 0. The highest BCUT2D eigenvalue weighted by atomic mass is 35.5. The number of nitro benzene ring substituents is 1. The molecule has 0 bridgehead atoms.